The van der Waals surface area contributed by atoms with Crippen molar-refractivity contribution in [1.82, 2.24) is 5.32 Å². The Morgan fingerprint density at radius 2 is 2.05 bits per heavy atom. The molecule has 1 N–H and O–H groups in total. The largest absolute Gasteiger partial charge is 0.456 e. The van der Waals surface area contributed by atoms with E-state index in [4.69, 9.17) is 4.74 Å². The molecule has 2 aromatic rings. The zero-order valence-corrected chi connectivity index (χ0v) is 12.3. The Hall–Kier alpha value is -1.96. The van der Waals surface area contributed by atoms with Crippen molar-refractivity contribution in [2.24, 2.45) is 0 Å². The molecular formula is C16H16N2OS. The second-order valence-corrected chi connectivity index (χ2v) is 5.07. The van der Waals surface area contributed by atoms with Crippen LogP contribution in [0.15, 0.2) is 47.4 Å². The molecule has 0 radical (unpaired) electrons. The van der Waals surface area contributed by atoms with Gasteiger partial charge in [-0.15, -0.1) is 11.8 Å². The number of hydrogen-bond donors (Lipinski definition) is 1. The number of nitrogens with zero attached hydrogens (tertiary/aromatic N) is 1. The van der Waals surface area contributed by atoms with Gasteiger partial charge in [0.25, 0.3) is 0 Å². The maximum Gasteiger partial charge on any atom is 0.146 e. The number of nitriles is 1. The lowest BCUT2D eigenvalue weighted by Gasteiger charge is -2.10. The van der Waals surface area contributed by atoms with E-state index in [1.165, 1.54) is 0 Å². The molecule has 0 heterocycles. The van der Waals surface area contributed by atoms with Crippen molar-refractivity contribution in [1.29, 1.82) is 5.26 Å². The molecule has 0 aliphatic heterocycles. The van der Waals surface area contributed by atoms with Gasteiger partial charge in [0.2, 0.25) is 0 Å². The molecule has 20 heavy (non-hydrogen) atoms. The maximum absolute atomic E-state index is 9.29. The number of hydrogen-bond acceptors (Lipinski definition) is 4. The first-order chi connectivity index (χ1) is 9.78. The van der Waals surface area contributed by atoms with Gasteiger partial charge in [0.1, 0.15) is 23.1 Å². The average Bonchev–Trinajstić information content (AvgIpc) is 2.47. The van der Waals surface area contributed by atoms with Crippen molar-refractivity contribution in [3.8, 4) is 17.6 Å². The van der Waals surface area contributed by atoms with Crippen LogP contribution in [0.1, 0.15) is 11.1 Å². The third-order valence-corrected chi connectivity index (χ3v) is 3.61. The summed E-state index contributed by atoms with van der Waals surface area (Å²) >= 11 is 1.54. The summed E-state index contributed by atoms with van der Waals surface area (Å²) < 4.78 is 5.87. The van der Waals surface area contributed by atoms with Gasteiger partial charge in [-0.1, -0.05) is 18.2 Å². The highest BCUT2D eigenvalue weighted by Gasteiger charge is 2.09. The molecule has 2 rings (SSSR count). The summed E-state index contributed by atoms with van der Waals surface area (Å²) in [5.41, 5.74) is 1.73. The smallest absolute Gasteiger partial charge is 0.146 e. The molecule has 2 aromatic carbocycles. The first kappa shape index (κ1) is 14.4. The van der Waals surface area contributed by atoms with Crippen LogP contribution in [0.25, 0.3) is 0 Å². The highest BCUT2D eigenvalue weighted by molar-refractivity contribution is 7.98. The Kier molecular flexibility index (Phi) is 5.05. The van der Waals surface area contributed by atoms with E-state index in [1.54, 1.807) is 11.8 Å². The molecule has 0 fully saturated rings. The van der Waals surface area contributed by atoms with E-state index < -0.39 is 0 Å². The lowest BCUT2D eigenvalue weighted by Crippen LogP contribution is -2.04. The van der Waals surface area contributed by atoms with Crippen LogP contribution in [0.3, 0.4) is 0 Å². The van der Waals surface area contributed by atoms with Gasteiger partial charge in [0.15, 0.2) is 0 Å². The van der Waals surface area contributed by atoms with Crippen LogP contribution in [0.4, 0.5) is 0 Å². The number of ether oxygens (including phenoxy) is 1. The van der Waals surface area contributed by atoms with Crippen LogP contribution in [0, 0.1) is 11.3 Å². The molecule has 0 spiro atoms. The lowest BCUT2D eigenvalue weighted by molar-refractivity contribution is 0.478. The highest BCUT2D eigenvalue weighted by Crippen LogP contribution is 2.31. The van der Waals surface area contributed by atoms with E-state index in [0.29, 0.717) is 11.3 Å². The van der Waals surface area contributed by atoms with Gasteiger partial charge in [-0.2, -0.15) is 5.26 Å². The third kappa shape index (κ3) is 3.32. The van der Waals surface area contributed by atoms with Gasteiger partial charge < -0.3 is 10.1 Å². The Balaban J connectivity index is 2.30. The fraction of sp³-hybridized carbons (Fsp3) is 0.188. The zero-order chi connectivity index (χ0) is 14.4. The van der Waals surface area contributed by atoms with E-state index in [-0.39, 0.29) is 0 Å². The summed E-state index contributed by atoms with van der Waals surface area (Å²) in [6.45, 7) is 0.785. The van der Waals surface area contributed by atoms with E-state index in [1.807, 2.05) is 55.8 Å². The first-order valence-electron chi connectivity index (χ1n) is 6.27. The van der Waals surface area contributed by atoms with Crippen molar-refractivity contribution < 1.29 is 4.74 Å². The highest BCUT2D eigenvalue weighted by atomic mass is 32.2. The fourth-order valence-electron chi connectivity index (χ4n) is 1.93. The van der Waals surface area contributed by atoms with Gasteiger partial charge in [-0.3, -0.25) is 0 Å². The first-order valence-corrected chi connectivity index (χ1v) is 7.49. The van der Waals surface area contributed by atoms with Crippen molar-refractivity contribution in [2.75, 3.05) is 13.3 Å². The molecule has 0 bridgehead atoms. The summed E-state index contributed by atoms with van der Waals surface area (Å²) in [5.74, 6) is 1.34. The predicted octanol–water partition coefficient (Wildman–Crippen LogP) is 3.79. The Labute approximate surface area is 123 Å². The molecule has 0 saturated carbocycles. The fourth-order valence-corrected chi connectivity index (χ4v) is 2.49. The normalized spacial score (nSPS) is 10.1. The standard InChI is InChI=1S/C16H16N2OS/c1-18-11-12-5-3-6-13(9-12)19-15-7-4-8-16(20-2)14(15)10-17/h3-9,18H,11H2,1-2H3. The number of nitrogens with one attached hydrogen (secondary N) is 1. The minimum absolute atomic E-state index is 0.582. The Morgan fingerprint density at radius 1 is 1.25 bits per heavy atom. The molecule has 0 aliphatic carbocycles. The predicted molar refractivity (Wildman–Crippen MR) is 82.2 cm³/mol. The molecule has 0 atom stereocenters. The second kappa shape index (κ2) is 6.99. The zero-order valence-electron chi connectivity index (χ0n) is 11.5. The molecule has 0 amide bonds. The van der Waals surface area contributed by atoms with Gasteiger partial charge >= 0.3 is 0 Å². The molecule has 3 nitrogen and oxygen atoms in total. The summed E-state index contributed by atoms with van der Waals surface area (Å²) in [7, 11) is 1.91. The van der Waals surface area contributed by atoms with Crippen LogP contribution in [0.2, 0.25) is 0 Å². The molecular weight excluding hydrogens is 268 g/mol. The summed E-state index contributed by atoms with van der Waals surface area (Å²) in [5, 5.41) is 12.4. The molecule has 4 heteroatoms. The molecule has 0 aromatic heterocycles. The van der Waals surface area contributed by atoms with Crippen molar-refractivity contribution in [2.45, 2.75) is 11.4 Å². The number of benzene rings is 2. The van der Waals surface area contributed by atoms with E-state index in [9.17, 15) is 5.26 Å². The molecule has 0 unspecified atom stereocenters. The third-order valence-electron chi connectivity index (χ3n) is 2.83. The van der Waals surface area contributed by atoms with Gasteiger partial charge in [-0.05, 0) is 43.1 Å². The minimum Gasteiger partial charge on any atom is -0.456 e. The topological polar surface area (TPSA) is 45.0 Å². The quantitative estimate of drug-likeness (QED) is 0.848. The molecule has 0 saturated heterocycles. The summed E-state index contributed by atoms with van der Waals surface area (Å²) in [6.07, 6.45) is 1.95. The van der Waals surface area contributed by atoms with E-state index >= 15 is 0 Å². The SMILES string of the molecule is CNCc1cccc(Oc2cccc(SC)c2C#N)c1. The number of thioether (sulfide) groups is 1. The monoisotopic (exact) mass is 284 g/mol. The maximum atomic E-state index is 9.29. The van der Waals surface area contributed by atoms with Gasteiger partial charge in [0.05, 0.1) is 0 Å². The van der Waals surface area contributed by atoms with Gasteiger partial charge in [-0.25, -0.2) is 0 Å². The van der Waals surface area contributed by atoms with Crippen LogP contribution in [0.5, 0.6) is 11.5 Å². The summed E-state index contributed by atoms with van der Waals surface area (Å²) in [4.78, 5) is 0.927. The van der Waals surface area contributed by atoms with Crippen LogP contribution < -0.4 is 10.1 Å². The molecule has 102 valence electrons. The Bertz CT molecular complexity index is 635. The average molecular weight is 284 g/mol. The van der Waals surface area contributed by atoms with E-state index in [2.05, 4.69) is 11.4 Å². The van der Waals surface area contributed by atoms with Crippen molar-refractivity contribution in [3.05, 3.63) is 53.6 Å². The van der Waals surface area contributed by atoms with Crippen LogP contribution in [-0.4, -0.2) is 13.3 Å². The minimum atomic E-state index is 0.582. The Morgan fingerprint density at radius 3 is 2.75 bits per heavy atom. The van der Waals surface area contributed by atoms with Crippen molar-refractivity contribution >= 4 is 11.8 Å². The van der Waals surface area contributed by atoms with E-state index in [0.717, 1.165) is 22.8 Å². The van der Waals surface area contributed by atoms with Gasteiger partial charge in [0, 0.05) is 11.4 Å². The van der Waals surface area contributed by atoms with Crippen LogP contribution in [-0.2, 0) is 6.54 Å². The second-order valence-electron chi connectivity index (χ2n) is 4.23. The summed E-state index contributed by atoms with van der Waals surface area (Å²) in [6, 6.07) is 15.7. The number of rotatable bonds is 5. The van der Waals surface area contributed by atoms with Crippen LogP contribution >= 0.6 is 11.8 Å². The lowest BCUT2D eigenvalue weighted by atomic mass is 10.2. The van der Waals surface area contributed by atoms with Crippen molar-refractivity contribution in [3.63, 3.8) is 0 Å². The molecule has 0 aliphatic rings.